The molecule has 1 heterocycles. The molecule has 2 aliphatic carbocycles. The van der Waals surface area contributed by atoms with Gasteiger partial charge in [-0.05, 0) is 44.1 Å². The Morgan fingerprint density at radius 1 is 1.41 bits per heavy atom. The molecule has 2 aliphatic rings. The quantitative estimate of drug-likeness (QED) is 0.796. The highest BCUT2D eigenvalue weighted by Crippen LogP contribution is 2.52. The number of aromatic nitrogens is 1. The zero-order chi connectivity index (χ0) is 11.7. The fraction of sp³-hybridized carbons (Fsp3) is 0.786. The lowest BCUT2D eigenvalue weighted by molar-refractivity contribution is 0.340. The first-order valence-corrected chi connectivity index (χ1v) is 7.02. The monoisotopic (exact) mass is 234 g/mol. The SMILES string of the molecule is CCCNCc1ncc(C2CC3CCC2C3)o1. The van der Waals surface area contributed by atoms with Gasteiger partial charge < -0.3 is 9.73 Å². The van der Waals surface area contributed by atoms with Gasteiger partial charge in [0.1, 0.15) is 5.76 Å². The number of nitrogens with zero attached hydrogens (tertiary/aromatic N) is 1. The first-order chi connectivity index (χ1) is 8.36. The summed E-state index contributed by atoms with van der Waals surface area (Å²) in [5.74, 6) is 4.52. The molecule has 0 radical (unpaired) electrons. The van der Waals surface area contributed by atoms with Crippen molar-refractivity contribution in [2.45, 2.75) is 51.5 Å². The van der Waals surface area contributed by atoms with Gasteiger partial charge in [0.25, 0.3) is 0 Å². The molecule has 2 bridgehead atoms. The van der Waals surface area contributed by atoms with Gasteiger partial charge in [0.05, 0.1) is 12.7 Å². The summed E-state index contributed by atoms with van der Waals surface area (Å²) in [4.78, 5) is 4.39. The molecule has 0 aromatic carbocycles. The number of nitrogens with one attached hydrogen (secondary N) is 1. The largest absolute Gasteiger partial charge is 0.444 e. The minimum atomic E-state index is 0.668. The molecule has 2 saturated carbocycles. The maximum atomic E-state index is 5.89. The van der Waals surface area contributed by atoms with Crippen LogP contribution in [0.4, 0.5) is 0 Å². The van der Waals surface area contributed by atoms with E-state index < -0.39 is 0 Å². The highest BCUT2D eigenvalue weighted by atomic mass is 16.4. The van der Waals surface area contributed by atoms with Crippen molar-refractivity contribution in [2.75, 3.05) is 6.54 Å². The molecular weight excluding hydrogens is 212 g/mol. The van der Waals surface area contributed by atoms with Gasteiger partial charge in [-0.3, -0.25) is 0 Å². The predicted octanol–water partition coefficient (Wildman–Crippen LogP) is 3.08. The Morgan fingerprint density at radius 3 is 3.06 bits per heavy atom. The lowest BCUT2D eigenvalue weighted by atomic mass is 9.87. The van der Waals surface area contributed by atoms with E-state index in [1.807, 2.05) is 6.20 Å². The van der Waals surface area contributed by atoms with Crippen molar-refractivity contribution < 1.29 is 4.42 Å². The van der Waals surface area contributed by atoms with Gasteiger partial charge in [-0.25, -0.2) is 4.98 Å². The fourth-order valence-corrected chi connectivity index (χ4v) is 3.54. The van der Waals surface area contributed by atoms with Crippen molar-refractivity contribution in [3.8, 4) is 0 Å². The average Bonchev–Trinajstić information content (AvgIpc) is 3.04. The Kier molecular flexibility index (Phi) is 3.19. The van der Waals surface area contributed by atoms with Crippen molar-refractivity contribution in [3.05, 3.63) is 17.8 Å². The standard InChI is InChI=1S/C14H22N2O/c1-2-5-15-9-14-16-8-13(17-14)12-7-10-3-4-11(12)6-10/h8,10-12,15H,2-7,9H2,1H3. The minimum Gasteiger partial charge on any atom is -0.444 e. The van der Waals surface area contributed by atoms with E-state index >= 15 is 0 Å². The second-order valence-corrected chi connectivity index (χ2v) is 5.61. The van der Waals surface area contributed by atoms with Gasteiger partial charge in [0.2, 0.25) is 5.89 Å². The van der Waals surface area contributed by atoms with Crippen molar-refractivity contribution in [2.24, 2.45) is 11.8 Å². The van der Waals surface area contributed by atoms with Crippen molar-refractivity contribution in [3.63, 3.8) is 0 Å². The van der Waals surface area contributed by atoms with E-state index in [0.717, 1.165) is 43.0 Å². The van der Waals surface area contributed by atoms with Crippen molar-refractivity contribution in [1.29, 1.82) is 0 Å². The van der Waals surface area contributed by atoms with Crippen LogP contribution in [0.1, 0.15) is 56.6 Å². The summed E-state index contributed by atoms with van der Waals surface area (Å²) in [5.41, 5.74) is 0. The molecule has 1 aromatic heterocycles. The van der Waals surface area contributed by atoms with Crippen LogP contribution in [0, 0.1) is 11.8 Å². The number of rotatable bonds is 5. The number of hydrogen-bond acceptors (Lipinski definition) is 3. The Balaban J connectivity index is 1.60. The lowest BCUT2D eigenvalue weighted by Crippen LogP contribution is -2.13. The summed E-state index contributed by atoms with van der Waals surface area (Å²) >= 11 is 0. The van der Waals surface area contributed by atoms with Gasteiger partial charge in [-0.15, -0.1) is 0 Å². The van der Waals surface area contributed by atoms with Crippen LogP contribution in [0.25, 0.3) is 0 Å². The van der Waals surface area contributed by atoms with Crippen LogP contribution in [0.5, 0.6) is 0 Å². The molecule has 0 spiro atoms. The van der Waals surface area contributed by atoms with Crippen molar-refractivity contribution >= 4 is 0 Å². The van der Waals surface area contributed by atoms with Crippen LogP contribution >= 0.6 is 0 Å². The van der Waals surface area contributed by atoms with Crippen LogP contribution < -0.4 is 5.32 Å². The third kappa shape index (κ3) is 2.25. The second-order valence-electron chi connectivity index (χ2n) is 5.61. The molecule has 0 aliphatic heterocycles. The molecular formula is C14H22N2O. The summed E-state index contributed by atoms with van der Waals surface area (Å²) in [6.45, 7) is 3.98. The molecule has 1 aromatic rings. The molecule has 3 unspecified atom stereocenters. The van der Waals surface area contributed by atoms with E-state index in [9.17, 15) is 0 Å². The number of hydrogen-bond donors (Lipinski definition) is 1. The zero-order valence-corrected chi connectivity index (χ0v) is 10.6. The fourth-order valence-electron chi connectivity index (χ4n) is 3.54. The molecule has 3 nitrogen and oxygen atoms in total. The number of oxazole rings is 1. The first-order valence-electron chi connectivity index (χ1n) is 7.02. The third-order valence-electron chi connectivity index (χ3n) is 4.38. The van der Waals surface area contributed by atoms with Gasteiger partial charge in [-0.1, -0.05) is 13.3 Å². The summed E-state index contributed by atoms with van der Waals surface area (Å²) in [5, 5.41) is 3.33. The van der Waals surface area contributed by atoms with E-state index in [1.54, 1.807) is 0 Å². The Bertz CT molecular complexity index is 374. The first kappa shape index (κ1) is 11.3. The van der Waals surface area contributed by atoms with E-state index in [-0.39, 0.29) is 0 Å². The van der Waals surface area contributed by atoms with E-state index in [4.69, 9.17) is 4.42 Å². The molecule has 17 heavy (non-hydrogen) atoms. The maximum Gasteiger partial charge on any atom is 0.208 e. The summed E-state index contributed by atoms with van der Waals surface area (Å²) < 4.78 is 5.89. The predicted molar refractivity (Wildman–Crippen MR) is 66.7 cm³/mol. The summed E-state index contributed by atoms with van der Waals surface area (Å²) in [6, 6.07) is 0. The Morgan fingerprint density at radius 2 is 2.35 bits per heavy atom. The van der Waals surface area contributed by atoms with Crippen LogP contribution in [-0.2, 0) is 6.54 Å². The van der Waals surface area contributed by atoms with E-state index in [2.05, 4.69) is 17.2 Å². The maximum absolute atomic E-state index is 5.89. The Hall–Kier alpha value is -0.830. The van der Waals surface area contributed by atoms with Gasteiger partial charge >= 0.3 is 0 Å². The second kappa shape index (κ2) is 4.81. The molecule has 94 valence electrons. The van der Waals surface area contributed by atoms with Gasteiger partial charge in [-0.2, -0.15) is 0 Å². The van der Waals surface area contributed by atoms with Crippen LogP contribution in [0.3, 0.4) is 0 Å². The smallest absolute Gasteiger partial charge is 0.208 e. The number of fused-ring (bicyclic) bond motifs is 2. The zero-order valence-electron chi connectivity index (χ0n) is 10.6. The molecule has 3 rings (SSSR count). The lowest BCUT2D eigenvalue weighted by Gasteiger charge is -2.18. The van der Waals surface area contributed by atoms with E-state index in [0.29, 0.717) is 5.92 Å². The normalized spacial score (nSPS) is 31.2. The van der Waals surface area contributed by atoms with Crippen molar-refractivity contribution in [1.82, 2.24) is 10.3 Å². The molecule has 0 saturated heterocycles. The summed E-state index contributed by atoms with van der Waals surface area (Å²) in [6.07, 6.45) is 8.73. The topological polar surface area (TPSA) is 38.1 Å². The van der Waals surface area contributed by atoms with Crippen LogP contribution in [-0.4, -0.2) is 11.5 Å². The van der Waals surface area contributed by atoms with Gasteiger partial charge in [0, 0.05) is 5.92 Å². The highest BCUT2D eigenvalue weighted by Gasteiger charge is 2.41. The highest BCUT2D eigenvalue weighted by molar-refractivity contribution is 5.10. The van der Waals surface area contributed by atoms with E-state index in [1.165, 1.54) is 25.7 Å². The van der Waals surface area contributed by atoms with Crippen LogP contribution in [0.15, 0.2) is 10.6 Å². The molecule has 1 N–H and O–H groups in total. The molecule has 2 fully saturated rings. The van der Waals surface area contributed by atoms with Crippen LogP contribution in [0.2, 0.25) is 0 Å². The third-order valence-corrected chi connectivity index (χ3v) is 4.38. The Labute approximate surface area is 103 Å². The average molecular weight is 234 g/mol. The minimum absolute atomic E-state index is 0.668. The molecule has 3 heteroatoms. The summed E-state index contributed by atoms with van der Waals surface area (Å²) in [7, 11) is 0. The van der Waals surface area contributed by atoms with Gasteiger partial charge in [0.15, 0.2) is 0 Å². The molecule has 3 atom stereocenters. The molecule has 0 amide bonds.